The van der Waals surface area contributed by atoms with E-state index in [2.05, 4.69) is 51.6 Å². The molecule has 1 aliphatic rings. The maximum Gasteiger partial charge on any atom is 0.0607 e. The first-order valence-electron chi connectivity index (χ1n) is 6.12. The van der Waals surface area contributed by atoms with Gasteiger partial charge in [0.1, 0.15) is 0 Å². The third-order valence-corrected chi connectivity index (χ3v) is 5.74. The molecule has 0 bridgehead atoms. The highest BCUT2D eigenvalue weighted by atomic mass is 79.9. The van der Waals surface area contributed by atoms with Crippen molar-refractivity contribution in [3.63, 3.8) is 0 Å². The molecule has 2 aromatic rings. The number of rotatable bonds is 2. The van der Waals surface area contributed by atoms with E-state index in [-0.39, 0.29) is 0 Å². The summed E-state index contributed by atoms with van der Waals surface area (Å²) in [6.45, 7) is 0. The minimum Gasteiger partial charge on any atom is -0.376 e. The van der Waals surface area contributed by atoms with Gasteiger partial charge >= 0.3 is 0 Å². The highest BCUT2D eigenvalue weighted by Crippen LogP contribution is 2.37. The van der Waals surface area contributed by atoms with Crippen LogP contribution in [0.1, 0.15) is 17.2 Å². The van der Waals surface area contributed by atoms with Crippen molar-refractivity contribution < 1.29 is 0 Å². The molecular formula is C15H13BrClNS. The van der Waals surface area contributed by atoms with Gasteiger partial charge in [-0.25, -0.2) is 0 Å². The topological polar surface area (TPSA) is 12.0 Å². The monoisotopic (exact) mass is 353 g/mol. The van der Waals surface area contributed by atoms with E-state index in [4.69, 9.17) is 11.6 Å². The van der Waals surface area contributed by atoms with Crippen LogP contribution in [0.25, 0.3) is 0 Å². The van der Waals surface area contributed by atoms with E-state index in [1.807, 2.05) is 23.9 Å². The fourth-order valence-corrected chi connectivity index (χ4v) is 3.96. The average molecular weight is 355 g/mol. The Morgan fingerprint density at radius 2 is 2.00 bits per heavy atom. The molecule has 0 aliphatic carbocycles. The molecule has 1 nitrogen and oxygen atoms in total. The van der Waals surface area contributed by atoms with Crippen LogP contribution in [0.4, 0.5) is 5.69 Å². The molecule has 4 heteroatoms. The van der Waals surface area contributed by atoms with Crippen LogP contribution in [0.3, 0.4) is 0 Å². The van der Waals surface area contributed by atoms with Gasteiger partial charge in [-0.1, -0.05) is 41.9 Å². The quantitative estimate of drug-likeness (QED) is 0.764. The zero-order valence-corrected chi connectivity index (χ0v) is 13.4. The van der Waals surface area contributed by atoms with Crippen molar-refractivity contribution in [3.05, 3.63) is 63.1 Å². The second-order valence-electron chi connectivity index (χ2n) is 4.51. The minimum atomic E-state index is 0.338. The molecule has 0 fully saturated rings. The van der Waals surface area contributed by atoms with Gasteiger partial charge in [-0.15, -0.1) is 0 Å². The minimum absolute atomic E-state index is 0.338. The number of halogens is 2. The van der Waals surface area contributed by atoms with Crippen molar-refractivity contribution in [2.75, 3.05) is 11.1 Å². The van der Waals surface area contributed by atoms with Crippen LogP contribution in [0.2, 0.25) is 5.02 Å². The fourth-order valence-electron chi connectivity index (χ4n) is 2.30. The van der Waals surface area contributed by atoms with Crippen molar-refractivity contribution >= 4 is 45.0 Å². The molecule has 3 rings (SSSR count). The molecule has 2 aromatic carbocycles. The molecular weight excluding hydrogens is 342 g/mol. The Balaban J connectivity index is 1.91. The van der Waals surface area contributed by atoms with Gasteiger partial charge < -0.3 is 5.32 Å². The van der Waals surface area contributed by atoms with E-state index >= 15 is 0 Å². The van der Waals surface area contributed by atoms with Crippen molar-refractivity contribution in [1.82, 2.24) is 0 Å². The van der Waals surface area contributed by atoms with Gasteiger partial charge in [-0.3, -0.25) is 0 Å². The Kier molecular flexibility index (Phi) is 4.06. The van der Waals surface area contributed by atoms with Crippen molar-refractivity contribution in [1.29, 1.82) is 0 Å². The van der Waals surface area contributed by atoms with Gasteiger partial charge in [0.05, 0.1) is 21.2 Å². The summed E-state index contributed by atoms with van der Waals surface area (Å²) in [7, 11) is 0. The van der Waals surface area contributed by atoms with Crippen LogP contribution >= 0.6 is 39.3 Å². The maximum absolute atomic E-state index is 6.14. The van der Waals surface area contributed by atoms with E-state index in [0.29, 0.717) is 6.04 Å². The maximum atomic E-state index is 6.14. The summed E-state index contributed by atoms with van der Waals surface area (Å²) < 4.78 is 0.935. The molecule has 1 N–H and O–H groups in total. The highest BCUT2D eigenvalue weighted by molar-refractivity contribution is 9.10. The van der Waals surface area contributed by atoms with Gasteiger partial charge in [0, 0.05) is 11.5 Å². The van der Waals surface area contributed by atoms with E-state index in [1.165, 1.54) is 11.1 Å². The average Bonchev–Trinajstić information content (AvgIpc) is 2.44. The number of nitrogens with one attached hydrogen (secondary N) is 1. The molecule has 1 heterocycles. The smallest absolute Gasteiger partial charge is 0.0607 e. The molecule has 0 saturated carbocycles. The Morgan fingerprint density at radius 1 is 1.16 bits per heavy atom. The second-order valence-corrected chi connectivity index (χ2v) is 6.74. The molecule has 0 amide bonds. The first-order chi connectivity index (χ1) is 9.25. The summed E-state index contributed by atoms with van der Waals surface area (Å²) in [4.78, 5) is 0. The predicted molar refractivity (Wildman–Crippen MR) is 88.1 cm³/mol. The molecule has 0 spiro atoms. The summed E-state index contributed by atoms with van der Waals surface area (Å²) in [6, 6.07) is 14.9. The van der Waals surface area contributed by atoms with E-state index < -0.39 is 0 Å². The molecule has 0 saturated heterocycles. The van der Waals surface area contributed by atoms with Gasteiger partial charge in [0.2, 0.25) is 0 Å². The van der Waals surface area contributed by atoms with Crippen molar-refractivity contribution in [2.24, 2.45) is 0 Å². The number of hydrogen-bond donors (Lipinski definition) is 1. The first kappa shape index (κ1) is 13.3. The van der Waals surface area contributed by atoms with E-state index in [0.717, 1.165) is 26.7 Å². The summed E-state index contributed by atoms with van der Waals surface area (Å²) >= 11 is 11.6. The largest absolute Gasteiger partial charge is 0.376 e. The lowest BCUT2D eigenvalue weighted by atomic mass is 10.0. The third kappa shape index (κ3) is 2.78. The number of hydrogen-bond acceptors (Lipinski definition) is 2. The van der Waals surface area contributed by atoms with Crippen LogP contribution in [0.15, 0.2) is 46.9 Å². The van der Waals surface area contributed by atoms with Gasteiger partial charge in [0.15, 0.2) is 0 Å². The Morgan fingerprint density at radius 3 is 2.89 bits per heavy atom. The number of benzene rings is 2. The molecule has 0 radical (unpaired) electrons. The fraction of sp³-hybridized carbons (Fsp3) is 0.200. The normalized spacial score (nSPS) is 17.9. The molecule has 0 aromatic heterocycles. The van der Waals surface area contributed by atoms with Crippen LogP contribution in [-0.2, 0) is 5.75 Å². The van der Waals surface area contributed by atoms with E-state index in [9.17, 15) is 0 Å². The zero-order chi connectivity index (χ0) is 13.2. The van der Waals surface area contributed by atoms with Gasteiger partial charge in [0.25, 0.3) is 0 Å². The standard InChI is InChI=1S/C15H13BrClNS/c16-15-12(17)6-3-7-13(15)18-14-9-19-8-10-4-1-2-5-11(10)14/h1-7,14,18H,8-9H2. The SMILES string of the molecule is Clc1cccc(NC2CSCc3ccccc32)c1Br. The number of anilines is 1. The molecule has 1 atom stereocenters. The van der Waals surface area contributed by atoms with Crippen molar-refractivity contribution in [3.8, 4) is 0 Å². The summed E-state index contributed by atoms with van der Waals surface area (Å²) in [5.74, 6) is 2.18. The number of thioether (sulfide) groups is 1. The summed E-state index contributed by atoms with van der Waals surface area (Å²) in [6.07, 6.45) is 0. The van der Waals surface area contributed by atoms with Crippen LogP contribution < -0.4 is 5.32 Å². The zero-order valence-electron chi connectivity index (χ0n) is 10.2. The van der Waals surface area contributed by atoms with Gasteiger partial charge in [-0.05, 0) is 39.2 Å². The molecule has 98 valence electrons. The van der Waals surface area contributed by atoms with Gasteiger partial charge in [-0.2, -0.15) is 11.8 Å². The third-order valence-electron chi connectivity index (χ3n) is 3.25. The lowest BCUT2D eigenvalue weighted by Gasteiger charge is -2.27. The number of fused-ring (bicyclic) bond motifs is 1. The van der Waals surface area contributed by atoms with Crippen molar-refractivity contribution in [2.45, 2.75) is 11.8 Å². The predicted octanol–water partition coefficient (Wildman–Crippen LogP) is 5.50. The Bertz CT molecular complexity index is 602. The lowest BCUT2D eigenvalue weighted by molar-refractivity contribution is 0.870. The Labute approximate surface area is 130 Å². The van der Waals surface area contributed by atoms with Crippen LogP contribution in [-0.4, -0.2) is 5.75 Å². The summed E-state index contributed by atoms with van der Waals surface area (Å²) in [5, 5.41) is 4.33. The molecule has 1 unspecified atom stereocenters. The Hall–Kier alpha value is -0.640. The lowest BCUT2D eigenvalue weighted by Crippen LogP contribution is -2.18. The van der Waals surface area contributed by atoms with Crippen LogP contribution in [0.5, 0.6) is 0 Å². The van der Waals surface area contributed by atoms with Crippen LogP contribution in [0, 0.1) is 0 Å². The first-order valence-corrected chi connectivity index (χ1v) is 8.44. The van der Waals surface area contributed by atoms with E-state index in [1.54, 1.807) is 0 Å². The summed E-state index contributed by atoms with van der Waals surface area (Å²) in [5.41, 5.74) is 3.87. The second kappa shape index (κ2) is 5.78. The molecule has 1 aliphatic heterocycles. The highest BCUT2D eigenvalue weighted by Gasteiger charge is 2.20. The molecule has 19 heavy (non-hydrogen) atoms.